The first-order valence-corrected chi connectivity index (χ1v) is 6.33. The highest BCUT2D eigenvalue weighted by Gasteiger charge is 2.18. The summed E-state index contributed by atoms with van der Waals surface area (Å²) < 4.78 is 6.27. The third-order valence-corrected chi connectivity index (χ3v) is 4.01. The van der Waals surface area contributed by atoms with E-state index in [-0.39, 0.29) is 0 Å². The first-order valence-electron chi connectivity index (χ1n) is 4.65. The van der Waals surface area contributed by atoms with Crippen molar-refractivity contribution in [3.63, 3.8) is 0 Å². The van der Waals surface area contributed by atoms with Gasteiger partial charge in [0.25, 0.3) is 0 Å². The lowest BCUT2D eigenvalue weighted by Gasteiger charge is -2.18. The van der Waals surface area contributed by atoms with Crippen LogP contribution in [0.1, 0.15) is 6.42 Å². The van der Waals surface area contributed by atoms with Crippen molar-refractivity contribution in [1.82, 2.24) is 4.98 Å². The Hall–Kier alpha value is -0.130. The maximum Gasteiger partial charge on any atom is 0.186 e. The molecule has 0 spiro atoms. The molecule has 0 radical (unpaired) electrons. The predicted molar refractivity (Wildman–Crippen MR) is 62.0 cm³/mol. The Labute approximate surface area is 96.2 Å². The fraction of sp³-hybridized carbons (Fsp3) is 0.667. The molecule has 0 saturated carbocycles. The average Bonchev–Trinajstić information content (AvgIpc) is 2.75. The van der Waals surface area contributed by atoms with Gasteiger partial charge in [0, 0.05) is 31.5 Å². The number of nitrogens with zero attached hydrogens (tertiary/aromatic N) is 2. The molecule has 2 heterocycles. The highest BCUT2D eigenvalue weighted by Crippen LogP contribution is 2.24. The molecule has 1 unspecified atom stereocenters. The molecule has 5 heteroatoms. The van der Waals surface area contributed by atoms with E-state index in [1.807, 2.05) is 5.38 Å². The number of thiazole rings is 1. The van der Waals surface area contributed by atoms with Crippen LogP contribution in [0.5, 0.6) is 0 Å². The van der Waals surface area contributed by atoms with Crippen LogP contribution in [0.3, 0.4) is 0 Å². The van der Waals surface area contributed by atoms with Crippen LogP contribution in [0.4, 0.5) is 5.13 Å². The van der Waals surface area contributed by atoms with Crippen LogP contribution in [0.2, 0.25) is 0 Å². The van der Waals surface area contributed by atoms with E-state index in [4.69, 9.17) is 4.74 Å². The zero-order valence-electron chi connectivity index (χ0n) is 8.07. The molecule has 1 fully saturated rings. The summed E-state index contributed by atoms with van der Waals surface area (Å²) >= 11 is 5.03. The molecular formula is C9H13BrN2OS. The Bertz CT molecular complexity index is 299. The molecule has 3 nitrogen and oxygen atoms in total. The quantitative estimate of drug-likeness (QED) is 0.848. The molecule has 1 atom stereocenters. The largest absolute Gasteiger partial charge is 0.381 e. The zero-order valence-corrected chi connectivity index (χ0v) is 10.5. The third-order valence-electron chi connectivity index (χ3n) is 2.35. The number of aromatic nitrogens is 1. The number of halogens is 1. The standard InChI is InChI=1S/C9H13BrN2OS/c1-12(4-7-2-3-13-5-7)9-11-8(10)6-14-9/h6-7H,2-5H2,1H3. The predicted octanol–water partition coefficient (Wildman–Crippen LogP) is 2.38. The molecule has 0 aromatic carbocycles. The Balaban J connectivity index is 1.91. The van der Waals surface area contributed by atoms with E-state index in [1.54, 1.807) is 11.3 Å². The number of anilines is 1. The maximum absolute atomic E-state index is 5.35. The highest BCUT2D eigenvalue weighted by molar-refractivity contribution is 9.10. The van der Waals surface area contributed by atoms with Crippen molar-refractivity contribution in [2.24, 2.45) is 5.92 Å². The number of ether oxygens (including phenoxy) is 1. The van der Waals surface area contributed by atoms with E-state index in [2.05, 4.69) is 32.9 Å². The topological polar surface area (TPSA) is 25.4 Å². The van der Waals surface area contributed by atoms with Gasteiger partial charge < -0.3 is 9.64 Å². The van der Waals surface area contributed by atoms with Gasteiger partial charge in [-0.2, -0.15) is 0 Å². The van der Waals surface area contributed by atoms with Gasteiger partial charge in [-0.05, 0) is 22.4 Å². The molecule has 1 aromatic heterocycles. The Morgan fingerprint density at radius 1 is 1.79 bits per heavy atom. The van der Waals surface area contributed by atoms with Crippen molar-refractivity contribution in [3.8, 4) is 0 Å². The fourth-order valence-corrected chi connectivity index (χ4v) is 2.84. The van der Waals surface area contributed by atoms with Crippen LogP contribution >= 0.6 is 27.3 Å². The van der Waals surface area contributed by atoms with E-state index in [1.165, 1.54) is 6.42 Å². The van der Waals surface area contributed by atoms with Crippen LogP contribution in [0, 0.1) is 5.92 Å². The molecule has 1 aliphatic heterocycles. The van der Waals surface area contributed by atoms with Crippen molar-refractivity contribution in [3.05, 3.63) is 9.98 Å². The lowest BCUT2D eigenvalue weighted by Crippen LogP contribution is -2.25. The van der Waals surface area contributed by atoms with Crippen molar-refractivity contribution >= 4 is 32.4 Å². The van der Waals surface area contributed by atoms with Gasteiger partial charge in [-0.15, -0.1) is 11.3 Å². The van der Waals surface area contributed by atoms with E-state index in [0.29, 0.717) is 5.92 Å². The summed E-state index contributed by atoms with van der Waals surface area (Å²) in [7, 11) is 2.09. The molecule has 0 bridgehead atoms. The summed E-state index contributed by atoms with van der Waals surface area (Å²) in [6.07, 6.45) is 1.18. The molecule has 1 saturated heterocycles. The molecule has 2 rings (SSSR count). The Morgan fingerprint density at radius 2 is 2.64 bits per heavy atom. The van der Waals surface area contributed by atoms with E-state index in [0.717, 1.165) is 29.5 Å². The summed E-state index contributed by atoms with van der Waals surface area (Å²) in [5, 5.41) is 3.08. The van der Waals surface area contributed by atoms with Crippen LogP contribution < -0.4 is 4.90 Å². The number of hydrogen-bond donors (Lipinski definition) is 0. The fourth-order valence-electron chi connectivity index (χ4n) is 1.61. The van der Waals surface area contributed by atoms with E-state index in [9.17, 15) is 0 Å². The third kappa shape index (κ3) is 2.46. The van der Waals surface area contributed by atoms with Crippen LogP contribution in [0.25, 0.3) is 0 Å². The van der Waals surface area contributed by atoms with Gasteiger partial charge in [0.2, 0.25) is 0 Å². The Morgan fingerprint density at radius 3 is 3.21 bits per heavy atom. The second-order valence-electron chi connectivity index (χ2n) is 3.56. The summed E-state index contributed by atoms with van der Waals surface area (Å²) in [6, 6.07) is 0. The summed E-state index contributed by atoms with van der Waals surface area (Å²) in [5.41, 5.74) is 0. The van der Waals surface area contributed by atoms with Gasteiger partial charge in [0.1, 0.15) is 4.60 Å². The van der Waals surface area contributed by atoms with Crippen LogP contribution in [-0.2, 0) is 4.74 Å². The van der Waals surface area contributed by atoms with E-state index < -0.39 is 0 Å². The minimum absolute atomic E-state index is 0.669. The Kier molecular flexibility index (Phi) is 3.41. The second kappa shape index (κ2) is 4.59. The molecule has 78 valence electrons. The molecule has 0 N–H and O–H groups in total. The number of hydrogen-bond acceptors (Lipinski definition) is 4. The SMILES string of the molecule is CN(CC1CCOC1)c1nc(Br)cs1. The normalized spacial score (nSPS) is 21.4. The van der Waals surface area contributed by atoms with Crippen molar-refractivity contribution in [1.29, 1.82) is 0 Å². The molecule has 0 amide bonds. The summed E-state index contributed by atoms with van der Waals surface area (Å²) in [4.78, 5) is 6.58. The number of rotatable bonds is 3. The minimum Gasteiger partial charge on any atom is -0.381 e. The average molecular weight is 277 g/mol. The lowest BCUT2D eigenvalue weighted by molar-refractivity contribution is 0.186. The van der Waals surface area contributed by atoms with Gasteiger partial charge in [-0.3, -0.25) is 0 Å². The molecule has 0 aliphatic carbocycles. The first-order chi connectivity index (χ1) is 6.75. The van der Waals surface area contributed by atoms with E-state index >= 15 is 0 Å². The summed E-state index contributed by atoms with van der Waals surface area (Å²) in [6.45, 7) is 2.86. The molecule has 1 aromatic rings. The molecule has 1 aliphatic rings. The molecule has 14 heavy (non-hydrogen) atoms. The first kappa shape index (κ1) is 10.4. The van der Waals surface area contributed by atoms with Crippen molar-refractivity contribution in [2.45, 2.75) is 6.42 Å². The van der Waals surface area contributed by atoms with Gasteiger partial charge in [-0.1, -0.05) is 0 Å². The van der Waals surface area contributed by atoms with Crippen LogP contribution in [-0.4, -0.2) is 31.8 Å². The lowest BCUT2D eigenvalue weighted by atomic mass is 10.1. The van der Waals surface area contributed by atoms with Gasteiger partial charge in [-0.25, -0.2) is 4.98 Å². The van der Waals surface area contributed by atoms with Crippen LogP contribution in [0.15, 0.2) is 9.98 Å². The van der Waals surface area contributed by atoms with Gasteiger partial charge >= 0.3 is 0 Å². The van der Waals surface area contributed by atoms with Crippen molar-refractivity contribution < 1.29 is 4.74 Å². The minimum atomic E-state index is 0.669. The van der Waals surface area contributed by atoms with Gasteiger partial charge in [0.05, 0.1) is 6.61 Å². The second-order valence-corrected chi connectivity index (χ2v) is 5.21. The monoisotopic (exact) mass is 276 g/mol. The maximum atomic E-state index is 5.35. The summed E-state index contributed by atoms with van der Waals surface area (Å²) in [5.74, 6) is 0.669. The molecular weight excluding hydrogens is 264 g/mol. The van der Waals surface area contributed by atoms with Crippen molar-refractivity contribution in [2.75, 3.05) is 31.7 Å². The highest BCUT2D eigenvalue weighted by atomic mass is 79.9. The zero-order chi connectivity index (χ0) is 9.97. The van der Waals surface area contributed by atoms with Gasteiger partial charge in [0.15, 0.2) is 5.13 Å². The smallest absolute Gasteiger partial charge is 0.186 e.